The number of nitrogens with one attached hydrogen (secondary N) is 1. The first-order chi connectivity index (χ1) is 13.3. The zero-order chi connectivity index (χ0) is 18.2. The Morgan fingerprint density at radius 3 is 2.04 bits per heavy atom. The summed E-state index contributed by atoms with van der Waals surface area (Å²) in [6.45, 7) is 0. The molecule has 1 aliphatic heterocycles. The maximum Gasteiger partial charge on any atom is 0.347 e. The molecule has 0 unspecified atom stereocenters. The van der Waals surface area contributed by atoms with Gasteiger partial charge in [0.25, 0.3) is 0 Å². The molecule has 0 aliphatic carbocycles. The number of hydrogen-bond donors (Lipinski definition) is 1. The van der Waals surface area contributed by atoms with Gasteiger partial charge >= 0.3 is 5.69 Å². The number of nitrogens with zero attached hydrogens (tertiary/aromatic N) is 2. The second-order valence-corrected chi connectivity index (χ2v) is 7.28. The summed E-state index contributed by atoms with van der Waals surface area (Å²) in [5.74, 6) is 0.609. The van der Waals surface area contributed by atoms with Crippen molar-refractivity contribution in [3.05, 3.63) is 95.4 Å². The van der Waals surface area contributed by atoms with Crippen LogP contribution in [0.25, 0.3) is 11.3 Å². The summed E-state index contributed by atoms with van der Waals surface area (Å²) in [6, 6.07) is 28.1. The molecule has 1 aromatic heterocycles. The van der Waals surface area contributed by atoms with Crippen molar-refractivity contribution in [1.29, 1.82) is 0 Å². The number of aromatic amines is 1. The fraction of sp³-hybridized carbons (Fsp3) is 0. The first-order valence-electron chi connectivity index (χ1n) is 8.62. The molecule has 4 aromatic rings. The molecule has 3 aromatic carbocycles. The van der Waals surface area contributed by atoms with E-state index in [0.717, 1.165) is 32.4 Å². The van der Waals surface area contributed by atoms with E-state index in [9.17, 15) is 4.79 Å². The molecule has 27 heavy (non-hydrogen) atoms. The number of aromatic nitrogens is 2. The van der Waals surface area contributed by atoms with Gasteiger partial charge in [0, 0.05) is 15.9 Å². The molecule has 4 nitrogen and oxygen atoms in total. The van der Waals surface area contributed by atoms with Crippen molar-refractivity contribution < 1.29 is 0 Å². The van der Waals surface area contributed by atoms with Crippen LogP contribution in [-0.4, -0.2) is 9.97 Å². The van der Waals surface area contributed by atoms with Gasteiger partial charge < -0.3 is 4.98 Å². The molecule has 0 saturated carbocycles. The molecule has 5 rings (SSSR count). The Labute approximate surface area is 160 Å². The van der Waals surface area contributed by atoms with Crippen LogP contribution in [-0.2, 0) is 0 Å². The Morgan fingerprint density at radius 1 is 0.778 bits per heavy atom. The normalized spacial score (nSPS) is 12.4. The Bertz CT molecular complexity index is 1140. The minimum absolute atomic E-state index is 0.362. The number of benzene rings is 3. The first kappa shape index (κ1) is 15.9. The predicted molar refractivity (Wildman–Crippen MR) is 109 cm³/mol. The van der Waals surface area contributed by atoms with E-state index in [1.54, 1.807) is 11.8 Å². The molecule has 0 atom stereocenters. The maximum absolute atomic E-state index is 12.4. The lowest BCUT2D eigenvalue weighted by Gasteiger charge is -2.31. The average molecular weight is 369 g/mol. The molecule has 5 heteroatoms. The fourth-order valence-electron chi connectivity index (χ4n) is 3.28. The average Bonchev–Trinajstić information content (AvgIpc) is 2.72. The van der Waals surface area contributed by atoms with Crippen molar-refractivity contribution in [2.75, 3.05) is 4.90 Å². The van der Waals surface area contributed by atoms with E-state index in [0.29, 0.717) is 5.82 Å². The highest BCUT2D eigenvalue weighted by Gasteiger charge is 2.25. The van der Waals surface area contributed by atoms with E-state index in [4.69, 9.17) is 0 Å². The molecule has 130 valence electrons. The lowest BCUT2D eigenvalue weighted by atomic mass is 10.1. The third kappa shape index (κ3) is 2.82. The molecule has 0 spiro atoms. The standard InChI is InChI=1S/C22H15N3OS/c26-22-23-16(15-8-2-1-3-9-15)14-21(24-22)25-17-10-4-6-12-19(17)27-20-13-7-5-11-18(20)25/h1-14H,(H,23,24,26). The van der Waals surface area contributed by atoms with Crippen LogP contribution in [0.15, 0.2) is 99.5 Å². The summed E-state index contributed by atoms with van der Waals surface area (Å²) in [5.41, 5.74) is 3.39. The molecule has 0 amide bonds. The molecule has 0 bridgehead atoms. The van der Waals surface area contributed by atoms with Crippen LogP contribution in [0.2, 0.25) is 0 Å². The summed E-state index contributed by atoms with van der Waals surface area (Å²) in [6.07, 6.45) is 0. The van der Waals surface area contributed by atoms with Gasteiger partial charge in [-0.2, -0.15) is 4.98 Å². The third-order valence-corrected chi connectivity index (χ3v) is 5.61. The van der Waals surface area contributed by atoms with Crippen molar-refractivity contribution in [2.24, 2.45) is 0 Å². The van der Waals surface area contributed by atoms with Gasteiger partial charge in [-0.1, -0.05) is 66.4 Å². The van der Waals surface area contributed by atoms with Gasteiger partial charge in [-0.05, 0) is 29.8 Å². The minimum atomic E-state index is -0.362. The third-order valence-electron chi connectivity index (χ3n) is 4.48. The number of hydrogen-bond acceptors (Lipinski definition) is 4. The Balaban J connectivity index is 1.74. The van der Waals surface area contributed by atoms with Gasteiger partial charge in [-0.3, -0.25) is 4.90 Å². The second-order valence-electron chi connectivity index (χ2n) is 6.20. The minimum Gasteiger partial charge on any atom is -0.305 e. The number of anilines is 3. The van der Waals surface area contributed by atoms with Crippen LogP contribution < -0.4 is 10.6 Å². The Hall–Kier alpha value is -3.31. The van der Waals surface area contributed by atoms with Gasteiger partial charge in [0.05, 0.1) is 17.1 Å². The molecular formula is C22H15N3OS. The lowest BCUT2D eigenvalue weighted by Crippen LogP contribution is -2.21. The zero-order valence-electron chi connectivity index (χ0n) is 14.3. The molecular weight excluding hydrogens is 354 g/mol. The van der Waals surface area contributed by atoms with Crippen molar-refractivity contribution in [1.82, 2.24) is 9.97 Å². The van der Waals surface area contributed by atoms with Crippen molar-refractivity contribution >= 4 is 29.0 Å². The fourth-order valence-corrected chi connectivity index (χ4v) is 4.34. The van der Waals surface area contributed by atoms with Crippen LogP contribution >= 0.6 is 11.8 Å². The topological polar surface area (TPSA) is 49.0 Å². The monoisotopic (exact) mass is 369 g/mol. The largest absolute Gasteiger partial charge is 0.347 e. The number of fused-ring (bicyclic) bond motifs is 2. The molecule has 2 heterocycles. The molecule has 1 N–H and O–H groups in total. The summed E-state index contributed by atoms with van der Waals surface area (Å²) < 4.78 is 0. The Kier molecular flexibility index (Phi) is 3.80. The highest BCUT2D eigenvalue weighted by molar-refractivity contribution is 7.99. The second kappa shape index (κ2) is 6.45. The van der Waals surface area contributed by atoms with Crippen LogP contribution in [0.3, 0.4) is 0 Å². The number of rotatable bonds is 2. The maximum atomic E-state index is 12.4. The van der Waals surface area contributed by atoms with Gasteiger partial charge in [0.15, 0.2) is 0 Å². The Morgan fingerprint density at radius 2 is 1.37 bits per heavy atom. The zero-order valence-corrected chi connectivity index (χ0v) is 15.1. The SMILES string of the molecule is O=c1nc(N2c3ccccc3Sc3ccccc32)cc(-c2ccccc2)[nH]1. The van der Waals surface area contributed by atoms with Crippen molar-refractivity contribution in [3.8, 4) is 11.3 Å². The van der Waals surface area contributed by atoms with E-state index in [-0.39, 0.29) is 5.69 Å². The summed E-state index contributed by atoms with van der Waals surface area (Å²) in [7, 11) is 0. The summed E-state index contributed by atoms with van der Waals surface area (Å²) >= 11 is 1.73. The van der Waals surface area contributed by atoms with Crippen molar-refractivity contribution in [2.45, 2.75) is 9.79 Å². The molecule has 0 fully saturated rings. The summed E-state index contributed by atoms with van der Waals surface area (Å²) in [5, 5.41) is 0. The molecule has 0 radical (unpaired) electrons. The van der Waals surface area contributed by atoms with Crippen LogP contribution in [0, 0.1) is 0 Å². The number of para-hydroxylation sites is 2. The first-order valence-corrected chi connectivity index (χ1v) is 9.44. The van der Waals surface area contributed by atoms with E-state index >= 15 is 0 Å². The molecule has 1 aliphatic rings. The van der Waals surface area contributed by atoms with Gasteiger partial charge in [0.1, 0.15) is 5.82 Å². The van der Waals surface area contributed by atoms with E-state index in [1.165, 1.54) is 0 Å². The van der Waals surface area contributed by atoms with E-state index < -0.39 is 0 Å². The van der Waals surface area contributed by atoms with Crippen LogP contribution in [0.5, 0.6) is 0 Å². The predicted octanol–water partition coefficient (Wildman–Crippen LogP) is 5.37. The smallest absolute Gasteiger partial charge is 0.305 e. The van der Waals surface area contributed by atoms with E-state index in [1.807, 2.05) is 60.7 Å². The highest BCUT2D eigenvalue weighted by Crippen LogP contribution is 2.50. The molecule has 0 saturated heterocycles. The van der Waals surface area contributed by atoms with Gasteiger partial charge in [-0.25, -0.2) is 4.79 Å². The van der Waals surface area contributed by atoms with Crippen LogP contribution in [0.4, 0.5) is 17.2 Å². The quantitative estimate of drug-likeness (QED) is 0.454. The van der Waals surface area contributed by atoms with E-state index in [2.05, 4.69) is 39.1 Å². The van der Waals surface area contributed by atoms with Gasteiger partial charge in [0.2, 0.25) is 0 Å². The lowest BCUT2D eigenvalue weighted by molar-refractivity contribution is 1.03. The number of H-pyrrole nitrogens is 1. The van der Waals surface area contributed by atoms with Crippen molar-refractivity contribution in [3.63, 3.8) is 0 Å². The van der Waals surface area contributed by atoms with Gasteiger partial charge in [-0.15, -0.1) is 0 Å². The highest BCUT2D eigenvalue weighted by atomic mass is 32.2. The summed E-state index contributed by atoms with van der Waals surface area (Å²) in [4.78, 5) is 23.8. The van der Waals surface area contributed by atoms with Crippen LogP contribution in [0.1, 0.15) is 0 Å².